The predicted octanol–water partition coefficient (Wildman–Crippen LogP) is 1.95. The molecule has 1 N–H and O–H groups in total. The van der Waals surface area contributed by atoms with Crippen LogP contribution in [-0.2, 0) is 4.79 Å². The van der Waals surface area contributed by atoms with Gasteiger partial charge in [-0.3, -0.25) is 4.79 Å². The van der Waals surface area contributed by atoms with E-state index in [0.717, 1.165) is 26.1 Å². The van der Waals surface area contributed by atoms with Crippen LogP contribution in [0, 0.1) is 0 Å². The van der Waals surface area contributed by atoms with Gasteiger partial charge in [0.1, 0.15) is 0 Å². The molecular weight excluding hydrogens is 224 g/mol. The van der Waals surface area contributed by atoms with Gasteiger partial charge in [-0.25, -0.2) is 0 Å². The summed E-state index contributed by atoms with van der Waals surface area (Å²) in [6.45, 7) is 3.08. The van der Waals surface area contributed by atoms with E-state index in [1.807, 2.05) is 0 Å². The van der Waals surface area contributed by atoms with E-state index in [1.165, 1.54) is 38.5 Å². The van der Waals surface area contributed by atoms with Crippen LogP contribution in [0.3, 0.4) is 0 Å². The molecule has 0 aromatic carbocycles. The maximum atomic E-state index is 12.0. The zero-order valence-corrected chi connectivity index (χ0v) is 10.7. The molecule has 2 heterocycles. The summed E-state index contributed by atoms with van der Waals surface area (Å²) >= 11 is 0. The molecule has 2 saturated heterocycles. The average Bonchev–Trinajstić information content (AvgIpc) is 2.58. The lowest BCUT2D eigenvalue weighted by molar-refractivity contribution is -0.131. The summed E-state index contributed by atoms with van der Waals surface area (Å²) in [5.41, 5.74) is 0. The first-order valence-electron chi connectivity index (χ1n) is 6.37. The van der Waals surface area contributed by atoms with Crippen molar-refractivity contribution in [1.82, 2.24) is 10.2 Å². The van der Waals surface area contributed by atoms with Crippen LogP contribution >= 0.6 is 12.4 Å². The topological polar surface area (TPSA) is 32.3 Å². The van der Waals surface area contributed by atoms with Gasteiger partial charge in [0, 0.05) is 25.6 Å². The van der Waals surface area contributed by atoms with Crippen LogP contribution in [0.15, 0.2) is 0 Å². The van der Waals surface area contributed by atoms with E-state index >= 15 is 0 Å². The van der Waals surface area contributed by atoms with Crippen LogP contribution < -0.4 is 5.32 Å². The first-order valence-corrected chi connectivity index (χ1v) is 6.37. The lowest BCUT2D eigenvalue weighted by atomic mass is 10.1. The molecule has 1 atom stereocenters. The van der Waals surface area contributed by atoms with Crippen LogP contribution in [0.25, 0.3) is 0 Å². The number of hydrogen-bond donors (Lipinski definition) is 1. The minimum absolute atomic E-state index is 0. The van der Waals surface area contributed by atoms with Gasteiger partial charge >= 0.3 is 0 Å². The molecule has 0 aromatic rings. The summed E-state index contributed by atoms with van der Waals surface area (Å²) in [4.78, 5) is 14.1. The normalized spacial score (nSPS) is 26.0. The van der Waals surface area contributed by atoms with Crippen molar-refractivity contribution in [3.05, 3.63) is 0 Å². The zero-order chi connectivity index (χ0) is 10.5. The second-order valence-corrected chi connectivity index (χ2v) is 4.79. The molecule has 4 heteroatoms. The van der Waals surface area contributed by atoms with Gasteiger partial charge < -0.3 is 10.2 Å². The highest BCUT2D eigenvalue weighted by Crippen LogP contribution is 2.14. The van der Waals surface area contributed by atoms with E-state index < -0.39 is 0 Å². The molecule has 0 aromatic heterocycles. The number of halogens is 1. The Hall–Kier alpha value is -0.280. The molecule has 16 heavy (non-hydrogen) atoms. The molecule has 2 aliphatic rings. The summed E-state index contributed by atoms with van der Waals surface area (Å²) in [5.74, 6) is 0.372. The molecule has 0 bridgehead atoms. The number of carbonyl (C=O) groups is 1. The Bertz CT molecular complexity index is 209. The van der Waals surface area contributed by atoms with E-state index in [9.17, 15) is 4.79 Å². The van der Waals surface area contributed by atoms with Crippen molar-refractivity contribution in [2.45, 2.75) is 51.0 Å². The van der Waals surface area contributed by atoms with Gasteiger partial charge in [0.25, 0.3) is 0 Å². The number of nitrogens with zero attached hydrogens (tertiary/aromatic N) is 1. The fourth-order valence-corrected chi connectivity index (χ4v) is 2.59. The molecule has 0 radical (unpaired) electrons. The molecule has 1 amide bonds. The predicted molar refractivity (Wildman–Crippen MR) is 67.9 cm³/mol. The molecule has 1 unspecified atom stereocenters. The summed E-state index contributed by atoms with van der Waals surface area (Å²) in [7, 11) is 0. The maximum absolute atomic E-state index is 12.0. The minimum atomic E-state index is 0. The van der Waals surface area contributed by atoms with Gasteiger partial charge in [-0.1, -0.05) is 12.8 Å². The van der Waals surface area contributed by atoms with Gasteiger partial charge in [-0.2, -0.15) is 0 Å². The Labute approximate surface area is 104 Å². The van der Waals surface area contributed by atoms with Crippen molar-refractivity contribution in [3.8, 4) is 0 Å². The first kappa shape index (κ1) is 13.8. The Kier molecular flexibility index (Phi) is 6.14. The smallest absolute Gasteiger partial charge is 0.224 e. The molecule has 2 aliphatic heterocycles. The van der Waals surface area contributed by atoms with E-state index in [0.29, 0.717) is 11.9 Å². The summed E-state index contributed by atoms with van der Waals surface area (Å²) < 4.78 is 0. The van der Waals surface area contributed by atoms with Gasteiger partial charge in [-0.05, 0) is 32.2 Å². The molecule has 2 rings (SSSR count). The number of hydrogen-bond acceptors (Lipinski definition) is 2. The molecule has 0 aliphatic carbocycles. The third-order valence-electron chi connectivity index (χ3n) is 3.54. The van der Waals surface area contributed by atoms with E-state index in [2.05, 4.69) is 10.2 Å². The highest BCUT2D eigenvalue weighted by molar-refractivity contribution is 5.85. The molecular formula is C12H23ClN2O. The number of rotatable bonds is 2. The van der Waals surface area contributed by atoms with Crippen molar-refractivity contribution in [2.75, 3.05) is 19.6 Å². The van der Waals surface area contributed by atoms with Gasteiger partial charge in [0.05, 0.1) is 0 Å². The Morgan fingerprint density at radius 3 is 2.38 bits per heavy atom. The quantitative estimate of drug-likeness (QED) is 0.808. The highest BCUT2D eigenvalue weighted by atomic mass is 35.5. The largest absolute Gasteiger partial charge is 0.343 e. The monoisotopic (exact) mass is 246 g/mol. The minimum Gasteiger partial charge on any atom is -0.343 e. The lowest BCUT2D eigenvalue weighted by Crippen LogP contribution is -2.36. The molecule has 94 valence electrons. The van der Waals surface area contributed by atoms with Crippen LogP contribution in [0.2, 0.25) is 0 Å². The molecule has 0 saturated carbocycles. The number of amides is 1. The van der Waals surface area contributed by atoms with Crippen LogP contribution in [0.5, 0.6) is 0 Å². The zero-order valence-electron chi connectivity index (χ0n) is 9.91. The third kappa shape index (κ3) is 3.95. The molecule has 3 nitrogen and oxygen atoms in total. The Morgan fingerprint density at radius 1 is 1.12 bits per heavy atom. The Balaban J connectivity index is 0.00000128. The second kappa shape index (κ2) is 7.13. The van der Waals surface area contributed by atoms with Crippen molar-refractivity contribution < 1.29 is 4.79 Å². The Morgan fingerprint density at radius 2 is 1.81 bits per heavy atom. The molecule has 2 fully saturated rings. The SMILES string of the molecule is Cl.O=C(CC1CCCN1)N1CCCCCC1. The standard InChI is InChI=1S/C12H22N2O.ClH/c15-12(10-11-6-5-7-13-11)14-8-3-1-2-4-9-14;/h11,13H,1-10H2;1H. The van der Waals surface area contributed by atoms with Crippen molar-refractivity contribution in [2.24, 2.45) is 0 Å². The van der Waals surface area contributed by atoms with Crippen molar-refractivity contribution in [3.63, 3.8) is 0 Å². The summed E-state index contributed by atoms with van der Waals surface area (Å²) in [5, 5.41) is 3.39. The van der Waals surface area contributed by atoms with E-state index in [1.54, 1.807) is 0 Å². The van der Waals surface area contributed by atoms with Crippen molar-refractivity contribution >= 4 is 18.3 Å². The van der Waals surface area contributed by atoms with E-state index in [-0.39, 0.29) is 12.4 Å². The highest BCUT2D eigenvalue weighted by Gasteiger charge is 2.21. The fourth-order valence-electron chi connectivity index (χ4n) is 2.59. The maximum Gasteiger partial charge on any atom is 0.224 e. The van der Waals surface area contributed by atoms with Gasteiger partial charge in [0.2, 0.25) is 5.91 Å². The molecule has 0 spiro atoms. The van der Waals surface area contributed by atoms with E-state index in [4.69, 9.17) is 0 Å². The van der Waals surface area contributed by atoms with Crippen LogP contribution in [-0.4, -0.2) is 36.5 Å². The first-order chi connectivity index (χ1) is 7.36. The van der Waals surface area contributed by atoms with Gasteiger partial charge in [0.15, 0.2) is 0 Å². The van der Waals surface area contributed by atoms with Gasteiger partial charge in [-0.15, -0.1) is 12.4 Å². The number of likely N-dealkylation sites (tertiary alicyclic amines) is 1. The second-order valence-electron chi connectivity index (χ2n) is 4.79. The average molecular weight is 247 g/mol. The van der Waals surface area contributed by atoms with Crippen LogP contribution in [0.1, 0.15) is 44.9 Å². The third-order valence-corrected chi connectivity index (χ3v) is 3.54. The number of carbonyl (C=O) groups excluding carboxylic acids is 1. The fraction of sp³-hybridized carbons (Fsp3) is 0.917. The summed E-state index contributed by atoms with van der Waals surface area (Å²) in [6, 6.07) is 0.459. The lowest BCUT2D eigenvalue weighted by Gasteiger charge is -2.22. The number of nitrogens with one attached hydrogen (secondary N) is 1. The van der Waals surface area contributed by atoms with Crippen molar-refractivity contribution in [1.29, 1.82) is 0 Å². The van der Waals surface area contributed by atoms with Crippen LogP contribution in [0.4, 0.5) is 0 Å². The summed E-state index contributed by atoms with van der Waals surface area (Å²) in [6.07, 6.45) is 8.13.